The molecular formula is C17H34N2O2. The van der Waals surface area contributed by atoms with Gasteiger partial charge < -0.3 is 14.8 Å². The Morgan fingerprint density at radius 2 is 2.05 bits per heavy atom. The third-order valence-corrected chi connectivity index (χ3v) is 5.15. The largest absolute Gasteiger partial charge is 0.382 e. The standard InChI is InChI=1S/C17H34N2O2/c1-4-14(2)17-12-18-16(15-6-7-15)13-19(17)8-5-9-21-11-10-20-3/h14-18H,4-13H2,1-3H3. The van der Waals surface area contributed by atoms with E-state index >= 15 is 0 Å². The van der Waals surface area contributed by atoms with Crippen LogP contribution in [-0.2, 0) is 9.47 Å². The molecule has 1 saturated heterocycles. The Hall–Kier alpha value is -0.160. The maximum atomic E-state index is 5.61. The van der Waals surface area contributed by atoms with E-state index in [-0.39, 0.29) is 0 Å². The van der Waals surface area contributed by atoms with Crippen molar-refractivity contribution in [1.82, 2.24) is 10.2 Å². The van der Waals surface area contributed by atoms with E-state index in [2.05, 4.69) is 24.1 Å². The molecule has 1 heterocycles. The van der Waals surface area contributed by atoms with Crippen molar-refractivity contribution in [3.8, 4) is 0 Å². The smallest absolute Gasteiger partial charge is 0.0700 e. The molecule has 1 aliphatic heterocycles. The monoisotopic (exact) mass is 298 g/mol. The van der Waals surface area contributed by atoms with Crippen molar-refractivity contribution in [3.05, 3.63) is 0 Å². The van der Waals surface area contributed by atoms with Gasteiger partial charge in [-0.1, -0.05) is 20.3 Å². The number of methoxy groups -OCH3 is 1. The summed E-state index contributed by atoms with van der Waals surface area (Å²) >= 11 is 0. The molecule has 2 fully saturated rings. The van der Waals surface area contributed by atoms with Gasteiger partial charge in [0.1, 0.15) is 0 Å². The third kappa shape index (κ3) is 5.51. The summed E-state index contributed by atoms with van der Waals surface area (Å²) < 4.78 is 10.6. The van der Waals surface area contributed by atoms with Crippen LogP contribution in [0, 0.1) is 11.8 Å². The number of nitrogens with zero attached hydrogens (tertiary/aromatic N) is 1. The molecule has 3 atom stereocenters. The summed E-state index contributed by atoms with van der Waals surface area (Å²) in [6, 6.07) is 1.43. The second-order valence-electron chi connectivity index (χ2n) is 6.76. The zero-order valence-corrected chi connectivity index (χ0v) is 14.1. The first kappa shape index (κ1) is 17.2. The number of piperazine rings is 1. The fourth-order valence-corrected chi connectivity index (χ4v) is 3.37. The average Bonchev–Trinajstić information content (AvgIpc) is 3.34. The average molecular weight is 298 g/mol. The minimum absolute atomic E-state index is 0.698. The van der Waals surface area contributed by atoms with E-state index in [1.54, 1.807) is 7.11 Å². The van der Waals surface area contributed by atoms with Crippen LogP contribution in [0.25, 0.3) is 0 Å². The molecule has 124 valence electrons. The van der Waals surface area contributed by atoms with Gasteiger partial charge in [-0.3, -0.25) is 4.90 Å². The molecule has 1 N–H and O–H groups in total. The molecule has 0 aromatic carbocycles. The first-order chi connectivity index (χ1) is 10.3. The van der Waals surface area contributed by atoms with Crippen LogP contribution in [0.3, 0.4) is 0 Å². The van der Waals surface area contributed by atoms with E-state index in [9.17, 15) is 0 Å². The van der Waals surface area contributed by atoms with Crippen LogP contribution >= 0.6 is 0 Å². The lowest BCUT2D eigenvalue weighted by Crippen LogP contribution is -2.59. The summed E-state index contributed by atoms with van der Waals surface area (Å²) in [6.45, 7) is 10.6. The van der Waals surface area contributed by atoms with Gasteiger partial charge in [0.2, 0.25) is 0 Å². The lowest BCUT2D eigenvalue weighted by molar-refractivity contribution is 0.0486. The number of nitrogens with one attached hydrogen (secondary N) is 1. The van der Waals surface area contributed by atoms with Crippen LogP contribution in [-0.4, -0.2) is 63.5 Å². The number of ether oxygens (including phenoxy) is 2. The molecule has 0 spiro atoms. The predicted molar refractivity (Wildman–Crippen MR) is 86.6 cm³/mol. The number of hydrogen-bond acceptors (Lipinski definition) is 4. The molecule has 0 amide bonds. The fourth-order valence-electron chi connectivity index (χ4n) is 3.37. The normalized spacial score (nSPS) is 28.7. The molecule has 1 aliphatic carbocycles. The van der Waals surface area contributed by atoms with Crippen LogP contribution in [0.1, 0.15) is 39.5 Å². The van der Waals surface area contributed by atoms with Crippen LogP contribution in [0.2, 0.25) is 0 Å². The van der Waals surface area contributed by atoms with Crippen molar-refractivity contribution in [1.29, 1.82) is 0 Å². The topological polar surface area (TPSA) is 33.7 Å². The van der Waals surface area contributed by atoms with E-state index in [1.807, 2.05) is 0 Å². The molecule has 0 bridgehead atoms. The predicted octanol–water partition coefficient (Wildman–Crippen LogP) is 2.14. The van der Waals surface area contributed by atoms with Gasteiger partial charge in [0.25, 0.3) is 0 Å². The summed E-state index contributed by atoms with van der Waals surface area (Å²) in [5, 5.41) is 3.81. The van der Waals surface area contributed by atoms with Gasteiger partial charge in [-0.05, 0) is 31.1 Å². The zero-order valence-electron chi connectivity index (χ0n) is 14.1. The Morgan fingerprint density at radius 3 is 2.71 bits per heavy atom. The van der Waals surface area contributed by atoms with Crippen LogP contribution in [0.5, 0.6) is 0 Å². The first-order valence-electron chi connectivity index (χ1n) is 8.80. The van der Waals surface area contributed by atoms with Crippen molar-refractivity contribution in [2.75, 3.05) is 46.6 Å². The first-order valence-corrected chi connectivity index (χ1v) is 8.80. The Balaban J connectivity index is 1.73. The van der Waals surface area contributed by atoms with Gasteiger partial charge in [0, 0.05) is 45.4 Å². The minimum Gasteiger partial charge on any atom is -0.382 e. The SMILES string of the molecule is CCC(C)C1CNC(C2CC2)CN1CCCOCCOC. The maximum Gasteiger partial charge on any atom is 0.0700 e. The highest BCUT2D eigenvalue weighted by atomic mass is 16.5. The highest BCUT2D eigenvalue weighted by Gasteiger charge is 2.37. The molecule has 2 rings (SSSR count). The zero-order chi connectivity index (χ0) is 15.1. The van der Waals surface area contributed by atoms with Crippen molar-refractivity contribution >= 4 is 0 Å². The van der Waals surface area contributed by atoms with Gasteiger partial charge in [0.05, 0.1) is 13.2 Å². The van der Waals surface area contributed by atoms with Gasteiger partial charge >= 0.3 is 0 Å². The lowest BCUT2D eigenvalue weighted by atomic mass is 9.93. The Kier molecular flexibility index (Phi) is 7.44. The van der Waals surface area contributed by atoms with Crippen LogP contribution in [0.4, 0.5) is 0 Å². The number of hydrogen-bond donors (Lipinski definition) is 1. The van der Waals surface area contributed by atoms with Gasteiger partial charge in [0.15, 0.2) is 0 Å². The van der Waals surface area contributed by atoms with Crippen molar-refractivity contribution < 1.29 is 9.47 Å². The summed E-state index contributed by atoms with van der Waals surface area (Å²) in [5.74, 6) is 1.72. The van der Waals surface area contributed by atoms with Crippen LogP contribution < -0.4 is 5.32 Å². The molecule has 0 aromatic heterocycles. The fraction of sp³-hybridized carbons (Fsp3) is 1.00. The van der Waals surface area contributed by atoms with Gasteiger partial charge in [-0.25, -0.2) is 0 Å². The molecule has 1 saturated carbocycles. The third-order valence-electron chi connectivity index (χ3n) is 5.15. The summed E-state index contributed by atoms with van der Waals surface area (Å²) in [4.78, 5) is 2.73. The Morgan fingerprint density at radius 1 is 1.24 bits per heavy atom. The highest BCUT2D eigenvalue weighted by Crippen LogP contribution is 2.35. The highest BCUT2D eigenvalue weighted by molar-refractivity contribution is 4.95. The van der Waals surface area contributed by atoms with E-state index in [0.717, 1.165) is 37.5 Å². The summed E-state index contributed by atoms with van der Waals surface area (Å²) in [6.07, 6.45) is 5.26. The molecule has 21 heavy (non-hydrogen) atoms. The molecular weight excluding hydrogens is 264 g/mol. The maximum absolute atomic E-state index is 5.61. The summed E-state index contributed by atoms with van der Waals surface area (Å²) in [5.41, 5.74) is 0. The summed E-state index contributed by atoms with van der Waals surface area (Å²) in [7, 11) is 1.72. The van der Waals surface area contributed by atoms with Crippen molar-refractivity contribution in [2.45, 2.75) is 51.6 Å². The quantitative estimate of drug-likeness (QED) is 0.627. The Bertz CT molecular complexity index is 284. The second-order valence-corrected chi connectivity index (χ2v) is 6.76. The molecule has 2 aliphatic rings. The molecule has 0 aromatic rings. The lowest BCUT2D eigenvalue weighted by Gasteiger charge is -2.43. The van der Waals surface area contributed by atoms with E-state index in [0.29, 0.717) is 12.6 Å². The van der Waals surface area contributed by atoms with Crippen molar-refractivity contribution in [2.24, 2.45) is 11.8 Å². The van der Waals surface area contributed by atoms with Gasteiger partial charge in [-0.2, -0.15) is 0 Å². The van der Waals surface area contributed by atoms with Gasteiger partial charge in [-0.15, -0.1) is 0 Å². The molecule has 4 nitrogen and oxygen atoms in total. The van der Waals surface area contributed by atoms with E-state index in [4.69, 9.17) is 9.47 Å². The second kappa shape index (κ2) is 9.09. The Labute approximate surface area is 130 Å². The molecule has 0 radical (unpaired) electrons. The van der Waals surface area contributed by atoms with Crippen molar-refractivity contribution in [3.63, 3.8) is 0 Å². The minimum atomic E-state index is 0.698. The molecule has 3 unspecified atom stereocenters. The van der Waals surface area contributed by atoms with E-state index in [1.165, 1.54) is 38.9 Å². The molecule has 4 heteroatoms. The van der Waals surface area contributed by atoms with Crippen LogP contribution in [0.15, 0.2) is 0 Å². The number of rotatable bonds is 10. The van der Waals surface area contributed by atoms with E-state index < -0.39 is 0 Å².